The fourth-order valence-corrected chi connectivity index (χ4v) is 3.41. The van der Waals surface area contributed by atoms with Gasteiger partial charge in [-0.3, -0.25) is 0 Å². The number of fused-ring (bicyclic) bond motifs is 1. The van der Waals surface area contributed by atoms with E-state index in [0.29, 0.717) is 11.0 Å². The van der Waals surface area contributed by atoms with Crippen LogP contribution in [0.15, 0.2) is 6.07 Å². The number of nitrogen functional groups attached to an aromatic ring is 1. The maximum absolute atomic E-state index is 6.25. The highest BCUT2D eigenvalue weighted by molar-refractivity contribution is 7.22. The van der Waals surface area contributed by atoms with E-state index in [1.165, 1.54) is 11.3 Å². The average molecular weight is 241 g/mol. The van der Waals surface area contributed by atoms with Gasteiger partial charge in [-0.15, -0.1) is 0 Å². The van der Waals surface area contributed by atoms with E-state index in [0.717, 1.165) is 26.4 Å². The van der Waals surface area contributed by atoms with E-state index in [4.69, 9.17) is 17.3 Å². The lowest BCUT2D eigenvalue weighted by Crippen LogP contribution is -1.91. The normalized spacial score (nSPS) is 11.5. The molecule has 0 aliphatic heterocycles. The van der Waals surface area contributed by atoms with Crippen LogP contribution in [0.2, 0.25) is 5.02 Å². The largest absolute Gasteiger partial charge is 0.375 e. The Hall–Kier alpha value is -0.800. The summed E-state index contributed by atoms with van der Waals surface area (Å²) in [5.74, 6) is 0.389. The Balaban J connectivity index is 2.89. The fraction of sp³-hybridized carbons (Fsp3) is 0.364. The minimum atomic E-state index is 0.389. The van der Waals surface area contributed by atoms with E-state index in [1.807, 2.05) is 13.0 Å². The van der Waals surface area contributed by atoms with E-state index >= 15 is 0 Å². The molecular weight excluding hydrogens is 228 g/mol. The Morgan fingerprint density at radius 2 is 2.13 bits per heavy atom. The molecule has 0 spiro atoms. The third-order valence-electron chi connectivity index (χ3n) is 2.44. The number of nitrogens with two attached hydrogens (primary N) is 1. The summed E-state index contributed by atoms with van der Waals surface area (Å²) in [5, 5.41) is 1.43. The average Bonchev–Trinajstić information content (AvgIpc) is 2.45. The van der Waals surface area contributed by atoms with Gasteiger partial charge in [0.2, 0.25) is 0 Å². The van der Waals surface area contributed by atoms with E-state index in [1.54, 1.807) is 0 Å². The molecule has 0 unspecified atom stereocenters. The summed E-state index contributed by atoms with van der Waals surface area (Å²) >= 11 is 7.77. The minimum absolute atomic E-state index is 0.389. The van der Waals surface area contributed by atoms with Gasteiger partial charge in [-0.2, -0.15) is 0 Å². The molecule has 4 heteroatoms. The number of halogens is 1. The summed E-state index contributed by atoms with van der Waals surface area (Å²) in [7, 11) is 0. The lowest BCUT2D eigenvalue weighted by molar-refractivity contribution is 0.877. The van der Waals surface area contributed by atoms with Gasteiger partial charge in [0.1, 0.15) is 0 Å². The summed E-state index contributed by atoms with van der Waals surface area (Å²) in [6, 6.07) is 1.97. The summed E-state index contributed by atoms with van der Waals surface area (Å²) in [6.45, 7) is 6.27. The number of rotatable bonds is 1. The highest BCUT2D eigenvalue weighted by atomic mass is 35.5. The van der Waals surface area contributed by atoms with Crippen LogP contribution in [0.25, 0.3) is 10.2 Å². The van der Waals surface area contributed by atoms with Gasteiger partial charge in [0, 0.05) is 5.02 Å². The number of aryl methyl sites for hydroxylation is 1. The molecule has 0 saturated carbocycles. The van der Waals surface area contributed by atoms with Crippen molar-refractivity contribution in [1.29, 1.82) is 0 Å². The van der Waals surface area contributed by atoms with Crippen molar-refractivity contribution < 1.29 is 0 Å². The highest BCUT2D eigenvalue weighted by Crippen LogP contribution is 2.38. The third kappa shape index (κ3) is 1.70. The molecule has 1 aromatic carbocycles. The second kappa shape index (κ2) is 3.65. The molecule has 0 bridgehead atoms. The predicted octanol–water partition coefficient (Wildman–Crippen LogP) is 3.96. The van der Waals surface area contributed by atoms with Gasteiger partial charge < -0.3 is 5.73 Å². The first-order valence-corrected chi connectivity index (χ1v) is 6.05. The maximum atomic E-state index is 6.25. The van der Waals surface area contributed by atoms with Gasteiger partial charge in [0.25, 0.3) is 0 Å². The molecule has 1 aromatic heterocycles. The summed E-state index contributed by atoms with van der Waals surface area (Å²) in [5.41, 5.74) is 8.98. The Labute approximate surface area is 98.1 Å². The molecule has 2 N–H and O–H groups in total. The van der Waals surface area contributed by atoms with Crippen LogP contribution >= 0.6 is 22.9 Å². The van der Waals surface area contributed by atoms with Crippen LogP contribution in [0.1, 0.15) is 30.9 Å². The van der Waals surface area contributed by atoms with Gasteiger partial charge in [0.15, 0.2) is 5.13 Å². The number of benzene rings is 1. The van der Waals surface area contributed by atoms with Crippen molar-refractivity contribution in [3.63, 3.8) is 0 Å². The van der Waals surface area contributed by atoms with Crippen molar-refractivity contribution >= 4 is 38.3 Å². The van der Waals surface area contributed by atoms with Gasteiger partial charge in [-0.25, -0.2) is 4.98 Å². The minimum Gasteiger partial charge on any atom is -0.375 e. The van der Waals surface area contributed by atoms with Crippen molar-refractivity contribution in [2.45, 2.75) is 26.7 Å². The molecule has 0 saturated heterocycles. The Morgan fingerprint density at radius 3 is 2.73 bits per heavy atom. The topological polar surface area (TPSA) is 38.9 Å². The van der Waals surface area contributed by atoms with Crippen LogP contribution < -0.4 is 5.73 Å². The van der Waals surface area contributed by atoms with Crippen LogP contribution in [0.3, 0.4) is 0 Å². The molecule has 80 valence electrons. The first-order chi connectivity index (χ1) is 7.00. The maximum Gasteiger partial charge on any atom is 0.181 e. The Kier molecular flexibility index (Phi) is 2.61. The first-order valence-electron chi connectivity index (χ1n) is 4.85. The second-order valence-corrected chi connectivity index (χ2v) is 5.41. The lowest BCUT2D eigenvalue weighted by atomic mass is 10.0. The molecule has 0 aliphatic carbocycles. The second-order valence-electron chi connectivity index (χ2n) is 3.97. The van der Waals surface area contributed by atoms with Crippen LogP contribution in [-0.4, -0.2) is 4.98 Å². The lowest BCUT2D eigenvalue weighted by Gasteiger charge is -2.10. The standard InChI is InChI=1S/C11H13ClN2S/c1-5(2)8-7(12)4-6(3)9-10(8)15-11(13)14-9/h4-5H,1-3H3,(H2,13,14). The molecule has 1 heterocycles. The number of anilines is 1. The van der Waals surface area contributed by atoms with Crippen molar-refractivity contribution in [2.24, 2.45) is 0 Å². The van der Waals surface area contributed by atoms with Gasteiger partial charge in [-0.05, 0) is 30.0 Å². The first kappa shape index (κ1) is 10.7. The van der Waals surface area contributed by atoms with Crippen molar-refractivity contribution in [3.8, 4) is 0 Å². The molecular formula is C11H13ClN2S. The highest BCUT2D eigenvalue weighted by Gasteiger charge is 2.15. The van der Waals surface area contributed by atoms with Crippen molar-refractivity contribution in [1.82, 2.24) is 4.98 Å². The van der Waals surface area contributed by atoms with Gasteiger partial charge in [-0.1, -0.05) is 36.8 Å². The van der Waals surface area contributed by atoms with Gasteiger partial charge in [0.05, 0.1) is 10.2 Å². The molecule has 2 nitrogen and oxygen atoms in total. The smallest absolute Gasteiger partial charge is 0.181 e. The Morgan fingerprint density at radius 1 is 1.47 bits per heavy atom. The SMILES string of the molecule is Cc1cc(Cl)c(C(C)C)c2sc(N)nc12. The number of nitrogens with zero attached hydrogens (tertiary/aromatic N) is 1. The molecule has 0 aliphatic rings. The molecule has 0 atom stereocenters. The van der Waals surface area contributed by atoms with E-state index in [9.17, 15) is 0 Å². The summed E-state index contributed by atoms with van der Waals surface area (Å²) in [4.78, 5) is 4.33. The van der Waals surface area contributed by atoms with E-state index in [2.05, 4.69) is 18.8 Å². The van der Waals surface area contributed by atoms with Gasteiger partial charge >= 0.3 is 0 Å². The molecule has 2 aromatic rings. The molecule has 15 heavy (non-hydrogen) atoms. The quantitative estimate of drug-likeness (QED) is 0.819. The van der Waals surface area contributed by atoms with Crippen molar-refractivity contribution in [2.75, 3.05) is 5.73 Å². The molecule has 2 rings (SSSR count). The number of aromatic nitrogens is 1. The predicted molar refractivity (Wildman–Crippen MR) is 67.9 cm³/mol. The van der Waals surface area contributed by atoms with Crippen molar-refractivity contribution in [3.05, 3.63) is 22.2 Å². The van der Waals surface area contributed by atoms with Crippen LogP contribution in [0.4, 0.5) is 5.13 Å². The zero-order valence-corrected chi connectivity index (χ0v) is 10.5. The zero-order valence-electron chi connectivity index (χ0n) is 8.97. The van der Waals surface area contributed by atoms with E-state index < -0.39 is 0 Å². The molecule has 0 fully saturated rings. The number of hydrogen-bond donors (Lipinski definition) is 1. The van der Waals surface area contributed by atoms with Crippen LogP contribution in [-0.2, 0) is 0 Å². The third-order valence-corrected chi connectivity index (χ3v) is 3.67. The van der Waals surface area contributed by atoms with E-state index in [-0.39, 0.29) is 0 Å². The fourth-order valence-electron chi connectivity index (χ4n) is 1.77. The molecule has 0 amide bonds. The monoisotopic (exact) mass is 240 g/mol. The Bertz CT molecular complexity index is 517. The molecule has 0 radical (unpaired) electrons. The summed E-state index contributed by atoms with van der Waals surface area (Å²) < 4.78 is 1.13. The van der Waals surface area contributed by atoms with Crippen LogP contribution in [0.5, 0.6) is 0 Å². The number of thiazole rings is 1. The van der Waals surface area contributed by atoms with Crippen LogP contribution in [0, 0.1) is 6.92 Å². The zero-order chi connectivity index (χ0) is 11.2. The number of hydrogen-bond acceptors (Lipinski definition) is 3. The summed E-state index contributed by atoms with van der Waals surface area (Å²) in [6.07, 6.45) is 0.